The molecule has 1 fully saturated rings. The number of hydrogen-bond acceptors (Lipinski definition) is 7. The minimum atomic E-state index is -3.45. The van der Waals surface area contributed by atoms with Gasteiger partial charge in [0.2, 0.25) is 10.0 Å². The molecule has 11 heteroatoms. The summed E-state index contributed by atoms with van der Waals surface area (Å²) in [4.78, 5) is 17.4. The molecule has 0 bridgehead atoms. The second-order valence-corrected chi connectivity index (χ2v) is 10.9. The van der Waals surface area contributed by atoms with Crippen molar-refractivity contribution in [2.75, 3.05) is 25.4 Å². The highest BCUT2D eigenvalue weighted by Gasteiger charge is 2.30. The average Bonchev–Trinajstić information content (AvgIpc) is 3.22. The lowest BCUT2D eigenvalue weighted by atomic mass is 10.3. The Hall–Kier alpha value is -1.04. The molecule has 3 heterocycles. The number of nitrogens with zero attached hydrogens (tertiary/aromatic N) is 2. The smallest absolute Gasteiger partial charge is 0.270 e. The molecule has 1 amide bonds. The van der Waals surface area contributed by atoms with E-state index in [1.165, 1.54) is 27.0 Å². The number of rotatable bonds is 6. The van der Waals surface area contributed by atoms with E-state index in [4.69, 9.17) is 16.3 Å². The highest BCUT2D eigenvalue weighted by Crippen LogP contribution is 2.32. The van der Waals surface area contributed by atoms with Gasteiger partial charge < -0.3 is 10.1 Å². The number of sulfonamides is 1. The summed E-state index contributed by atoms with van der Waals surface area (Å²) in [5.41, 5.74) is 0.269. The normalized spacial score (nSPS) is 21.3. The summed E-state index contributed by atoms with van der Waals surface area (Å²) >= 11 is 8.66. The molecular weight excluding hydrogens is 430 g/mol. The van der Waals surface area contributed by atoms with Crippen LogP contribution in [0.5, 0.6) is 0 Å². The van der Waals surface area contributed by atoms with E-state index < -0.39 is 10.0 Å². The van der Waals surface area contributed by atoms with Gasteiger partial charge in [-0.05, 0) is 26.0 Å². The number of carbonyl (C=O) groups excluding carboxylic acids is 1. The summed E-state index contributed by atoms with van der Waals surface area (Å²) in [6, 6.07) is 3.63. The van der Waals surface area contributed by atoms with E-state index in [0.717, 1.165) is 4.88 Å². The first-order valence-electron chi connectivity index (χ1n) is 8.37. The summed E-state index contributed by atoms with van der Waals surface area (Å²) in [7, 11) is -3.45. The Kier molecular flexibility index (Phi) is 6.54. The zero-order chi connectivity index (χ0) is 19.6. The number of amides is 1. The van der Waals surface area contributed by atoms with Gasteiger partial charge >= 0.3 is 0 Å². The first-order valence-corrected chi connectivity index (χ1v) is 12.1. The highest BCUT2D eigenvalue weighted by atomic mass is 35.5. The van der Waals surface area contributed by atoms with Crippen LogP contribution >= 0.6 is 34.3 Å². The van der Waals surface area contributed by atoms with E-state index in [1.54, 1.807) is 11.4 Å². The van der Waals surface area contributed by atoms with Crippen LogP contribution in [0.25, 0.3) is 9.88 Å². The van der Waals surface area contributed by atoms with Gasteiger partial charge in [0.15, 0.2) is 0 Å². The van der Waals surface area contributed by atoms with Crippen molar-refractivity contribution in [2.45, 2.75) is 26.1 Å². The molecule has 0 spiro atoms. The predicted octanol–water partition coefficient (Wildman–Crippen LogP) is 2.69. The molecule has 3 rings (SSSR count). The highest BCUT2D eigenvalue weighted by molar-refractivity contribution is 7.89. The van der Waals surface area contributed by atoms with Crippen molar-refractivity contribution in [3.05, 3.63) is 27.5 Å². The molecule has 0 radical (unpaired) electrons. The van der Waals surface area contributed by atoms with E-state index in [0.29, 0.717) is 22.4 Å². The summed E-state index contributed by atoms with van der Waals surface area (Å²) in [6.45, 7) is 4.39. The van der Waals surface area contributed by atoms with Crippen LogP contribution in [0.4, 0.5) is 0 Å². The second kappa shape index (κ2) is 8.54. The van der Waals surface area contributed by atoms with Crippen LogP contribution in [0.2, 0.25) is 4.34 Å². The number of hydrogen-bond donors (Lipinski definition) is 1. The lowest BCUT2D eigenvalue weighted by Gasteiger charge is -2.34. The van der Waals surface area contributed by atoms with Gasteiger partial charge in [-0.3, -0.25) is 4.79 Å². The molecule has 27 heavy (non-hydrogen) atoms. The zero-order valence-electron chi connectivity index (χ0n) is 14.8. The van der Waals surface area contributed by atoms with Crippen molar-refractivity contribution in [1.29, 1.82) is 0 Å². The van der Waals surface area contributed by atoms with Crippen molar-refractivity contribution in [3.8, 4) is 9.88 Å². The Bertz CT molecular complexity index is 902. The van der Waals surface area contributed by atoms with E-state index in [1.807, 2.05) is 19.9 Å². The Balaban J connectivity index is 1.54. The maximum atomic E-state index is 12.5. The summed E-state index contributed by atoms with van der Waals surface area (Å²) in [5, 5.41) is 4.99. The predicted molar refractivity (Wildman–Crippen MR) is 108 cm³/mol. The molecule has 2 aromatic rings. The Morgan fingerprint density at radius 3 is 2.70 bits per heavy atom. The Morgan fingerprint density at radius 1 is 1.37 bits per heavy atom. The number of thiazole rings is 1. The van der Waals surface area contributed by atoms with Crippen molar-refractivity contribution >= 4 is 50.2 Å². The quantitative estimate of drug-likeness (QED) is 0.732. The molecule has 2 atom stereocenters. The number of carbonyl (C=O) groups is 1. The molecule has 1 aliphatic heterocycles. The molecule has 1 saturated heterocycles. The second-order valence-electron chi connectivity index (χ2n) is 6.29. The molecule has 0 aromatic carbocycles. The fraction of sp³-hybridized carbons (Fsp3) is 0.500. The largest absolute Gasteiger partial charge is 0.373 e. The fourth-order valence-corrected chi connectivity index (χ4v) is 6.20. The molecule has 2 unspecified atom stereocenters. The van der Waals surface area contributed by atoms with Crippen LogP contribution < -0.4 is 5.32 Å². The monoisotopic (exact) mass is 449 g/mol. The van der Waals surface area contributed by atoms with Crippen LogP contribution in [0.1, 0.15) is 24.3 Å². The molecule has 1 N–H and O–H groups in total. The number of halogens is 1. The van der Waals surface area contributed by atoms with Gasteiger partial charge in [0.05, 0.1) is 27.2 Å². The molecule has 2 aromatic heterocycles. The molecule has 0 aliphatic carbocycles. The first-order chi connectivity index (χ1) is 12.7. The van der Waals surface area contributed by atoms with Gasteiger partial charge in [0, 0.05) is 25.0 Å². The van der Waals surface area contributed by atoms with Crippen molar-refractivity contribution in [1.82, 2.24) is 14.6 Å². The number of nitrogens with one attached hydrogen (secondary N) is 1. The van der Waals surface area contributed by atoms with Crippen LogP contribution in [0, 0.1) is 0 Å². The molecule has 148 valence electrons. The van der Waals surface area contributed by atoms with Crippen LogP contribution in [-0.4, -0.2) is 61.2 Å². The zero-order valence-corrected chi connectivity index (χ0v) is 18.1. The van der Waals surface area contributed by atoms with Crippen LogP contribution in [0.15, 0.2) is 17.5 Å². The van der Waals surface area contributed by atoms with Gasteiger partial charge in [0.25, 0.3) is 5.91 Å². The SMILES string of the molecule is CC1CN(S(=O)(=O)CCNC(=O)c2csc(-c3ccc(Cl)s3)n2)CC(C)O1. The summed E-state index contributed by atoms with van der Waals surface area (Å²) < 4.78 is 32.6. The average molecular weight is 450 g/mol. The minimum Gasteiger partial charge on any atom is -0.373 e. The molecular formula is C16H20ClN3O4S3. The summed E-state index contributed by atoms with van der Waals surface area (Å²) in [5.74, 6) is -0.547. The van der Waals surface area contributed by atoms with Gasteiger partial charge in [-0.2, -0.15) is 4.31 Å². The lowest BCUT2D eigenvalue weighted by Crippen LogP contribution is -2.49. The number of thiophene rings is 1. The number of ether oxygens (including phenoxy) is 1. The van der Waals surface area contributed by atoms with E-state index >= 15 is 0 Å². The maximum Gasteiger partial charge on any atom is 0.270 e. The third-order valence-electron chi connectivity index (χ3n) is 3.95. The van der Waals surface area contributed by atoms with E-state index in [-0.39, 0.29) is 36.1 Å². The van der Waals surface area contributed by atoms with Crippen molar-refractivity contribution < 1.29 is 17.9 Å². The van der Waals surface area contributed by atoms with Crippen LogP contribution in [0.3, 0.4) is 0 Å². The van der Waals surface area contributed by atoms with Gasteiger partial charge in [0.1, 0.15) is 10.7 Å². The first kappa shape index (κ1) is 20.7. The minimum absolute atomic E-state index is 0.0268. The lowest BCUT2D eigenvalue weighted by molar-refractivity contribution is -0.0440. The molecule has 1 aliphatic rings. The van der Waals surface area contributed by atoms with Gasteiger partial charge in [-0.25, -0.2) is 13.4 Å². The Morgan fingerprint density at radius 2 is 2.07 bits per heavy atom. The summed E-state index contributed by atoms with van der Waals surface area (Å²) in [6.07, 6.45) is -0.283. The molecule has 7 nitrogen and oxygen atoms in total. The van der Waals surface area contributed by atoms with Crippen molar-refractivity contribution in [3.63, 3.8) is 0 Å². The van der Waals surface area contributed by atoms with Gasteiger partial charge in [-0.1, -0.05) is 11.6 Å². The standard InChI is InChI=1S/C16H20ClN3O4S3/c1-10-7-20(8-11(2)24-10)27(22,23)6-5-18-15(21)12-9-25-16(19-12)13-3-4-14(17)26-13/h3-4,9-11H,5-8H2,1-2H3,(H,18,21). The van der Waals surface area contributed by atoms with Gasteiger partial charge in [-0.15, -0.1) is 22.7 Å². The third-order valence-corrected chi connectivity index (χ3v) is 7.99. The fourth-order valence-electron chi connectivity index (χ4n) is 2.79. The maximum absolute atomic E-state index is 12.5. The van der Waals surface area contributed by atoms with E-state index in [9.17, 15) is 13.2 Å². The topological polar surface area (TPSA) is 88.6 Å². The van der Waals surface area contributed by atoms with Crippen LogP contribution in [-0.2, 0) is 14.8 Å². The number of aromatic nitrogens is 1. The molecule has 0 saturated carbocycles. The van der Waals surface area contributed by atoms with Crippen molar-refractivity contribution in [2.24, 2.45) is 0 Å². The third kappa shape index (κ3) is 5.27. The van der Waals surface area contributed by atoms with E-state index in [2.05, 4.69) is 10.3 Å². The Labute approximate surface area is 171 Å². The number of morpholine rings is 1.